The van der Waals surface area contributed by atoms with Gasteiger partial charge in [0.1, 0.15) is 0 Å². The predicted octanol–water partition coefficient (Wildman–Crippen LogP) is 4.64. The smallest absolute Gasteiger partial charge is 0.412 e. The first-order chi connectivity index (χ1) is 12.3. The van der Waals surface area contributed by atoms with Crippen LogP contribution in [-0.2, 0) is 11.2 Å². The van der Waals surface area contributed by atoms with Gasteiger partial charge >= 0.3 is 6.09 Å². The van der Waals surface area contributed by atoms with E-state index in [-0.39, 0.29) is 0 Å². The number of aromatic amines is 1. The Morgan fingerprint density at radius 3 is 2.77 bits per heavy atom. The molecule has 2 heterocycles. The van der Waals surface area contributed by atoms with Gasteiger partial charge in [-0.25, -0.2) is 4.79 Å². The van der Waals surface area contributed by atoms with Gasteiger partial charge in [-0.15, -0.1) is 0 Å². The van der Waals surface area contributed by atoms with Crippen LogP contribution < -0.4 is 0 Å². The number of nitrogens with zero attached hydrogens (tertiary/aromatic N) is 1. The summed E-state index contributed by atoms with van der Waals surface area (Å²) in [6.45, 7) is 4.22. The number of carbonyl (C=O) groups excluding carboxylic acids is 1. The lowest BCUT2D eigenvalue weighted by Gasteiger charge is -2.42. The largest absolute Gasteiger partial charge is 0.438 e. The molecule has 2 aromatic rings. The van der Waals surface area contributed by atoms with Crippen LogP contribution in [0.2, 0.25) is 0 Å². The molecule has 0 unspecified atom stereocenters. The summed E-state index contributed by atoms with van der Waals surface area (Å²) in [5.41, 5.74) is 1.35. The molecule has 140 valence electrons. The van der Waals surface area contributed by atoms with Gasteiger partial charge in [0.05, 0.1) is 0 Å². The van der Waals surface area contributed by atoms with E-state index < -0.39 is 17.4 Å². The maximum Gasteiger partial charge on any atom is 0.412 e. The van der Waals surface area contributed by atoms with Crippen LogP contribution in [-0.4, -0.2) is 39.0 Å². The fourth-order valence-corrected chi connectivity index (χ4v) is 5.01. The monoisotopic (exact) mass is 420 g/mol. The number of benzene rings is 1. The van der Waals surface area contributed by atoms with Gasteiger partial charge in [0.25, 0.3) is 0 Å². The van der Waals surface area contributed by atoms with Crippen molar-refractivity contribution in [1.82, 2.24) is 9.88 Å². The number of halogens is 1. The van der Waals surface area contributed by atoms with Crippen LogP contribution in [0.4, 0.5) is 4.79 Å². The van der Waals surface area contributed by atoms with Crippen LogP contribution >= 0.6 is 15.9 Å². The number of rotatable bonds is 3. The topological polar surface area (TPSA) is 65.6 Å². The maximum absolute atomic E-state index is 12.6. The molecular formula is C20H25BrN2O3. The van der Waals surface area contributed by atoms with Gasteiger partial charge in [-0.2, -0.15) is 0 Å². The van der Waals surface area contributed by atoms with E-state index in [2.05, 4.69) is 27.0 Å². The van der Waals surface area contributed by atoms with Crippen LogP contribution in [0.5, 0.6) is 0 Å². The highest BCUT2D eigenvalue weighted by Gasteiger charge is 2.61. The second kappa shape index (κ2) is 6.27. The van der Waals surface area contributed by atoms with E-state index in [1.54, 1.807) is 6.92 Å². The van der Waals surface area contributed by atoms with Gasteiger partial charge in [-0.05, 0) is 69.7 Å². The summed E-state index contributed by atoms with van der Waals surface area (Å²) in [5, 5.41) is 12.4. The SMILES string of the molecule is Cc1[nH]c2ccc(Br)cc2c1CCN1C(=O)OC2(CCCCC2)[C@]1(C)O. The van der Waals surface area contributed by atoms with E-state index in [9.17, 15) is 9.90 Å². The first-order valence-electron chi connectivity index (χ1n) is 9.34. The first kappa shape index (κ1) is 17.9. The minimum absolute atomic E-state index is 0.393. The number of aliphatic hydroxyl groups is 1. The Morgan fingerprint density at radius 2 is 2.04 bits per heavy atom. The zero-order chi connectivity index (χ0) is 18.5. The summed E-state index contributed by atoms with van der Waals surface area (Å²) in [6, 6.07) is 6.15. The lowest BCUT2D eigenvalue weighted by Crippen LogP contribution is -2.57. The first-order valence-corrected chi connectivity index (χ1v) is 10.1. The van der Waals surface area contributed by atoms with Gasteiger partial charge < -0.3 is 14.8 Å². The molecule has 0 bridgehead atoms. The number of hydrogen-bond donors (Lipinski definition) is 2. The minimum atomic E-state index is -1.26. The summed E-state index contributed by atoms with van der Waals surface area (Å²) in [6.07, 6.45) is 4.88. The van der Waals surface area contributed by atoms with Crippen molar-refractivity contribution in [3.63, 3.8) is 0 Å². The number of nitrogens with one attached hydrogen (secondary N) is 1. The lowest BCUT2D eigenvalue weighted by molar-refractivity contribution is -0.158. The molecule has 0 radical (unpaired) electrons. The third kappa shape index (κ3) is 2.65. The summed E-state index contributed by atoms with van der Waals surface area (Å²) < 4.78 is 6.77. The highest BCUT2D eigenvalue weighted by Crippen LogP contribution is 2.47. The lowest BCUT2D eigenvalue weighted by atomic mass is 9.77. The molecule has 1 amide bonds. The Labute approximate surface area is 161 Å². The Balaban J connectivity index is 1.59. The van der Waals surface area contributed by atoms with Crippen molar-refractivity contribution in [2.75, 3.05) is 6.54 Å². The fourth-order valence-electron chi connectivity index (χ4n) is 4.65. The molecule has 1 atom stereocenters. The Bertz CT molecular complexity index is 852. The van der Waals surface area contributed by atoms with Crippen LogP contribution in [0.3, 0.4) is 0 Å². The minimum Gasteiger partial charge on any atom is -0.438 e. The van der Waals surface area contributed by atoms with Gasteiger partial charge in [-0.3, -0.25) is 4.90 Å². The van der Waals surface area contributed by atoms with Gasteiger partial charge in [0, 0.05) is 27.6 Å². The molecule has 5 nitrogen and oxygen atoms in total. The van der Waals surface area contributed by atoms with E-state index >= 15 is 0 Å². The zero-order valence-corrected chi connectivity index (χ0v) is 16.9. The number of amides is 1. The standard InChI is InChI=1S/C20H25BrN2O3/c1-13-15(16-12-14(21)6-7-17(16)22-13)8-11-23-18(24)26-20(19(23,2)25)9-4-3-5-10-20/h6-7,12,22,25H,3-5,8-11H2,1-2H3/t19-/m0/s1. The number of ether oxygens (including phenoxy) is 1. The van der Waals surface area contributed by atoms with Crippen molar-refractivity contribution in [2.45, 2.75) is 63.7 Å². The second-order valence-corrected chi connectivity index (χ2v) is 8.68. The Morgan fingerprint density at radius 1 is 1.31 bits per heavy atom. The molecule has 1 spiro atoms. The zero-order valence-electron chi connectivity index (χ0n) is 15.3. The van der Waals surface area contributed by atoms with Gasteiger partial charge in [0.15, 0.2) is 11.3 Å². The van der Waals surface area contributed by atoms with Crippen molar-refractivity contribution in [2.24, 2.45) is 0 Å². The average Bonchev–Trinajstić information content (AvgIpc) is 2.98. The van der Waals surface area contributed by atoms with Crippen molar-refractivity contribution in [3.8, 4) is 0 Å². The average molecular weight is 421 g/mol. The number of hydrogen-bond acceptors (Lipinski definition) is 3. The number of fused-ring (bicyclic) bond motifs is 1. The van der Waals surface area contributed by atoms with Crippen molar-refractivity contribution >= 4 is 32.9 Å². The predicted molar refractivity (Wildman–Crippen MR) is 104 cm³/mol. The molecule has 4 rings (SSSR count). The normalized spacial score (nSPS) is 25.2. The highest BCUT2D eigenvalue weighted by atomic mass is 79.9. The number of carbonyl (C=O) groups is 1. The summed E-state index contributed by atoms with van der Waals surface area (Å²) >= 11 is 3.53. The quantitative estimate of drug-likeness (QED) is 0.759. The van der Waals surface area contributed by atoms with Crippen LogP contribution in [0.15, 0.2) is 22.7 Å². The molecule has 1 saturated heterocycles. The molecule has 1 aliphatic heterocycles. The van der Waals surface area contributed by atoms with Crippen LogP contribution in [0, 0.1) is 6.92 Å². The molecule has 1 aromatic heterocycles. The van der Waals surface area contributed by atoms with Crippen LogP contribution in [0.25, 0.3) is 10.9 Å². The number of aromatic nitrogens is 1. The summed E-state index contributed by atoms with van der Waals surface area (Å²) in [4.78, 5) is 17.5. The van der Waals surface area contributed by atoms with Crippen molar-refractivity contribution in [3.05, 3.63) is 33.9 Å². The Hall–Kier alpha value is -1.53. The van der Waals surface area contributed by atoms with Gasteiger partial charge in [-0.1, -0.05) is 22.4 Å². The molecular weight excluding hydrogens is 396 g/mol. The van der Waals surface area contributed by atoms with E-state index in [1.165, 1.54) is 10.5 Å². The summed E-state index contributed by atoms with van der Waals surface area (Å²) in [7, 11) is 0. The molecule has 6 heteroatoms. The summed E-state index contributed by atoms with van der Waals surface area (Å²) in [5.74, 6) is 0. The van der Waals surface area contributed by atoms with Gasteiger partial charge in [0.2, 0.25) is 0 Å². The van der Waals surface area contributed by atoms with Crippen molar-refractivity contribution in [1.29, 1.82) is 0 Å². The van der Waals surface area contributed by atoms with E-state index in [0.29, 0.717) is 13.0 Å². The van der Waals surface area contributed by atoms with Crippen LogP contribution in [0.1, 0.15) is 50.3 Å². The molecule has 2 N–H and O–H groups in total. The third-order valence-electron chi connectivity index (χ3n) is 6.22. The number of aryl methyl sites for hydroxylation is 1. The highest BCUT2D eigenvalue weighted by molar-refractivity contribution is 9.10. The van der Waals surface area contributed by atoms with Crippen molar-refractivity contribution < 1.29 is 14.6 Å². The second-order valence-electron chi connectivity index (χ2n) is 7.76. The molecule has 2 fully saturated rings. The maximum atomic E-state index is 12.6. The molecule has 1 aliphatic carbocycles. The van der Waals surface area contributed by atoms with E-state index in [4.69, 9.17) is 4.74 Å². The van der Waals surface area contributed by atoms with E-state index in [0.717, 1.165) is 53.2 Å². The molecule has 26 heavy (non-hydrogen) atoms. The molecule has 2 aliphatic rings. The fraction of sp³-hybridized carbons (Fsp3) is 0.550. The third-order valence-corrected chi connectivity index (χ3v) is 6.71. The molecule has 1 saturated carbocycles. The molecule has 1 aromatic carbocycles. The number of H-pyrrole nitrogens is 1. The van der Waals surface area contributed by atoms with E-state index in [1.807, 2.05) is 19.1 Å². The Kier molecular flexibility index (Phi) is 4.31.